The van der Waals surface area contributed by atoms with Gasteiger partial charge in [-0.15, -0.1) is 0 Å². The SMILES string of the molecule is CN(C)Cc1ccc(CSCCNC(=NCC(O)c2ccccc2)NS(C)(=O)=O)o1. The maximum atomic E-state index is 11.6. The summed E-state index contributed by atoms with van der Waals surface area (Å²) in [6.45, 7) is 1.32. The fraction of sp³-hybridized carbons (Fsp3) is 0.450. The number of aliphatic hydroxyl groups excluding tert-OH is 1. The van der Waals surface area contributed by atoms with Crippen LogP contribution in [0.4, 0.5) is 0 Å². The number of hydrogen-bond acceptors (Lipinski definition) is 7. The molecule has 8 nitrogen and oxygen atoms in total. The van der Waals surface area contributed by atoms with Gasteiger partial charge in [0.15, 0.2) is 0 Å². The van der Waals surface area contributed by atoms with Crippen LogP contribution in [-0.2, 0) is 22.3 Å². The first-order valence-corrected chi connectivity index (χ1v) is 12.6. The third-order valence-corrected chi connectivity index (χ3v) is 5.41. The van der Waals surface area contributed by atoms with Crippen LogP contribution in [0.1, 0.15) is 23.2 Å². The Labute approximate surface area is 182 Å². The number of nitrogens with one attached hydrogen (secondary N) is 2. The molecule has 30 heavy (non-hydrogen) atoms. The largest absolute Gasteiger partial charge is 0.464 e. The molecule has 1 aromatic heterocycles. The first-order chi connectivity index (χ1) is 14.2. The molecule has 0 fully saturated rings. The molecule has 0 amide bonds. The van der Waals surface area contributed by atoms with E-state index in [0.29, 0.717) is 6.54 Å². The van der Waals surface area contributed by atoms with Gasteiger partial charge in [-0.1, -0.05) is 30.3 Å². The van der Waals surface area contributed by atoms with Crippen molar-refractivity contribution in [2.45, 2.75) is 18.4 Å². The number of hydrogen-bond donors (Lipinski definition) is 3. The van der Waals surface area contributed by atoms with E-state index in [1.54, 1.807) is 23.9 Å². The Bertz CT molecular complexity index is 899. The van der Waals surface area contributed by atoms with E-state index in [1.807, 2.05) is 49.3 Å². The number of guanidine groups is 1. The van der Waals surface area contributed by atoms with E-state index in [2.05, 4.69) is 15.0 Å². The van der Waals surface area contributed by atoms with Crippen LogP contribution < -0.4 is 10.0 Å². The van der Waals surface area contributed by atoms with E-state index >= 15 is 0 Å². The van der Waals surface area contributed by atoms with E-state index in [-0.39, 0.29) is 12.5 Å². The molecule has 0 aliphatic heterocycles. The molecule has 0 aliphatic carbocycles. The molecule has 1 atom stereocenters. The third-order valence-electron chi connectivity index (χ3n) is 3.86. The molecule has 1 aromatic carbocycles. The average Bonchev–Trinajstić information content (AvgIpc) is 3.11. The van der Waals surface area contributed by atoms with Crippen molar-refractivity contribution in [1.82, 2.24) is 14.9 Å². The Morgan fingerprint density at radius 1 is 1.20 bits per heavy atom. The van der Waals surface area contributed by atoms with Gasteiger partial charge < -0.3 is 19.7 Å². The molecule has 3 N–H and O–H groups in total. The van der Waals surface area contributed by atoms with Crippen LogP contribution in [0.15, 0.2) is 51.9 Å². The molecular formula is C20H30N4O4S2. The number of nitrogens with zero attached hydrogens (tertiary/aromatic N) is 2. The lowest BCUT2D eigenvalue weighted by atomic mass is 10.1. The average molecular weight is 455 g/mol. The maximum absolute atomic E-state index is 11.6. The number of aliphatic imine (C=N–C) groups is 1. The van der Waals surface area contributed by atoms with Crippen molar-refractivity contribution in [2.24, 2.45) is 4.99 Å². The number of rotatable bonds is 11. The summed E-state index contributed by atoms with van der Waals surface area (Å²) in [6.07, 6.45) is 0.253. The lowest BCUT2D eigenvalue weighted by Gasteiger charge is -2.13. The van der Waals surface area contributed by atoms with Crippen molar-refractivity contribution in [1.29, 1.82) is 0 Å². The zero-order valence-corrected chi connectivity index (χ0v) is 19.2. The predicted octanol–water partition coefficient (Wildman–Crippen LogP) is 1.80. The second kappa shape index (κ2) is 12.0. The summed E-state index contributed by atoms with van der Waals surface area (Å²) in [7, 11) is 0.503. The van der Waals surface area contributed by atoms with Gasteiger partial charge >= 0.3 is 0 Å². The minimum absolute atomic E-state index is 0.0447. The fourth-order valence-electron chi connectivity index (χ4n) is 2.57. The molecule has 2 aromatic rings. The zero-order valence-electron chi connectivity index (χ0n) is 17.5. The van der Waals surface area contributed by atoms with Crippen LogP contribution in [-0.4, -0.2) is 63.6 Å². The summed E-state index contributed by atoms with van der Waals surface area (Å²) >= 11 is 1.67. The van der Waals surface area contributed by atoms with Gasteiger partial charge in [0.2, 0.25) is 16.0 Å². The Kier molecular flexibility index (Phi) is 9.70. The standard InChI is InChI=1S/C20H30N4O4S2/c1-24(2)14-17-9-10-18(28-17)15-29-12-11-21-20(23-30(3,26)27)22-13-19(25)16-7-5-4-6-8-16/h4-10,19,25H,11-15H2,1-3H3,(H2,21,22,23). The first-order valence-electron chi connectivity index (χ1n) is 9.52. The molecule has 0 saturated heterocycles. The number of thioether (sulfide) groups is 1. The second-order valence-electron chi connectivity index (χ2n) is 7.08. The van der Waals surface area contributed by atoms with Crippen molar-refractivity contribution >= 4 is 27.7 Å². The minimum atomic E-state index is -3.48. The first kappa shape index (κ1) is 24.3. The van der Waals surface area contributed by atoms with E-state index < -0.39 is 16.1 Å². The van der Waals surface area contributed by atoms with Gasteiger partial charge in [-0.05, 0) is 31.8 Å². The third kappa shape index (κ3) is 9.66. The molecular weight excluding hydrogens is 424 g/mol. The highest BCUT2D eigenvalue weighted by molar-refractivity contribution is 7.98. The Morgan fingerprint density at radius 2 is 1.90 bits per heavy atom. The zero-order chi connectivity index (χ0) is 22.0. The molecule has 10 heteroatoms. The van der Waals surface area contributed by atoms with Crippen molar-refractivity contribution in [3.8, 4) is 0 Å². The molecule has 0 saturated carbocycles. The molecule has 0 bridgehead atoms. The van der Waals surface area contributed by atoms with E-state index in [1.165, 1.54) is 0 Å². The van der Waals surface area contributed by atoms with Crippen LogP contribution in [0.2, 0.25) is 0 Å². The van der Waals surface area contributed by atoms with Crippen LogP contribution >= 0.6 is 11.8 Å². The molecule has 1 unspecified atom stereocenters. The molecule has 0 aliphatic rings. The Morgan fingerprint density at radius 3 is 2.57 bits per heavy atom. The Balaban J connectivity index is 1.80. The lowest BCUT2D eigenvalue weighted by molar-refractivity contribution is 0.187. The number of furan rings is 1. The smallest absolute Gasteiger partial charge is 0.232 e. The number of aliphatic hydroxyl groups is 1. The molecule has 2 rings (SSSR count). The van der Waals surface area contributed by atoms with Gasteiger partial charge in [0.1, 0.15) is 11.5 Å². The molecule has 0 spiro atoms. The van der Waals surface area contributed by atoms with E-state index in [4.69, 9.17) is 4.42 Å². The van der Waals surface area contributed by atoms with Crippen LogP contribution in [0.3, 0.4) is 0 Å². The Hall–Kier alpha value is -2.01. The van der Waals surface area contributed by atoms with Crippen molar-refractivity contribution in [2.75, 3.05) is 39.2 Å². The maximum Gasteiger partial charge on any atom is 0.232 e. The number of sulfonamides is 1. The predicted molar refractivity (Wildman–Crippen MR) is 122 cm³/mol. The summed E-state index contributed by atoms with van der Waals surface area (Å²) in [6, 6.07) is 13.1. The second-order valence-corrected chi connectivity index (χ2v) is 9.93. The van der Waals surface area contributed by atoms with Gasteiger partial charge in [0.05, 0.1) is 31.2 Å². The van der Waals surface area contributed by atoms with E-state index in [0.717, 1.165) is 41.4 Å². The monoisotopic (exact) mass is 454 g/mol. The molecule has 0 radical (unpaired) electrons. The van der Waals surface area contributed by atoms with Crippen LogP contribution in [0.5, 0.6) is 0 Å². The van der Waals surface area contributed by atoms with Gasteiger partial charge in [-0.3, -0.25) is 4.72 Å². The summed E-state index contributed by atoms with van der Waals surface area (Å²) in [5.74, 6) is 3.42. The topological polar surface area (TPSA) is 107 Å². The summed E-state index contributed by atoms with van der Waals surface area (Å²) in [5.41, 5.74) is 0.725. The van der Waals surface area contributed by atoms with Crippen LogP contribution in [0.25, 0.3) is 0 Å². The van der Waals surface area contributed by atoms with Gasteiger partial charge in [0, 0.05) is 12.3 Å². The highest BCUT2D eigenvalue weighted by atomic mass is 32.2. The normalized spacial score (nSPS) is 13.4. The molecule has 166 valence electrons. The number of benzene rings is 1. The summed E-state index contributed by atoms with van der Waals surface area (Å²) in [5, 5.41) is 13.2. The highest BCUT2D eigenvalue weighted by Crippen LogP contribution is 2.16. The van der Waals surface area contributed by atoms with Gasteiger partial charge in [-0.25, -0.2) is 13.4 Å². The van der Waals surface area contributed by atoms with Gasteiger partial charge in [0.25, 0.3) is 0 Å². The quantitative estimate of drug-likeness (QED) is 0.270. The van der Waals surface area contributed by atoms with Crippen molar-refractivity contribution < 1.29 is 17.9 Å². The minimum Gasteiger partial charge on any atom is -0.464 e. The summed E-state index contributed by atoms with van der Waals surface area (Å²) in [4.78, 5) is 6.25. The summed E-state index contributed by atoms with van der Waals surface area (Å²) < 4.78 is 31.3. The van der Waals surface area contributed by atoms with E-state index in [9.17, 15) is 13.5 Å². The van der Waals surface area contributed by atoms with Gasteiger partial charge in [-0.2, -0.15) is 11.8 Å². The van der Waals surface area contributed by atoms with Crippen molar-refractivity contribution in [3.63, 3.8) is 0 Å². The van der Waals surface area contributed by atoms with Crippen LogP contribution in [0, 0.1) is 0 Å². The lowest BCUT2D eigenvalue weighted by Crippen LogP contribution is -2.41. The molecule has 1 heterocycles. The highest BCUT2D eigenvalue weighted by Gasteiger charge is 2.10. The van der Waals surface area contributed by atoms with Crippen molar-refractivity contribution in [3.05, 3.63) is 59.5 Å². The fourth-order valence-corrected chi connectivity index (χ4v) is 3.80.